The lowest BCUT2D eigenvalue weighted by Crippen LogP contribution is -2.42. The van der Waals surface area contributed by atoms with Crippen LogP contribution in [0.3, 0.4) is 0 Å². The van der Waals surface area contributed by atoms with E-state index in [9.17, 15) is 20.0 Å². The summed E-state index contributed by atoms with van der Waals surface area (Å²) in [4.78, 5) is 31.9. The largest absolute Gasteiger partial charge is 0.386 e. The van der Waals surface area contributed by atoms with Crippen molar-refractivity contribution in [2.45, 2.75) is 25.4 Å². The van der Waals surface area contributed by atoms with Crippen LogP contribution in [-0.4, -0.2) is 21.6 Å². The molecule has 7 nitrogen and oxygen atoms in total. The fourth-order valence-corrected chi connectivity index (χ4v) is 2.11. The highest BCUT2D eigenvalue weighted by atomic mass is 17.2. The third-order valence-corrected chi connectivity index (χ3v) is 3.57. The van der Waals surface area contributed by atoms with Gasteiger partial charge in [0.1, 0.15) is 0 Å². The van der Waals surface area contributed by atoms with Gasteiger partial charge in [-0.1, -0.05) is 49.4 Å². The summed E-state index contributed by atoms with van der Waals surface area (Å²) in [6.07, 6.45) is 0.143. The second-order valence-electron chi connectivity index (χ2n) is 5.23. The van der Waals surface area contributed by atoms with Crippen LogP contribution in [0, 0.1) is 10.1 Å². The van der Waals surface area contributed by atoms with Crippen molar-refractivity contribution < 1.29 is 24.6 Å². The number of hydrogen-bond donors (Lipinski definition) is 1. The molecule has 0 aliphatic heterocycles. The lowest BCUT2D eigenvalue weighted by molar-refractivity contribution is -0.388. The maximum atomic E-state index is 12.2. The minimum Gasteiger partial charge on any atom is -0.378 e. The summed E-state index contributed by atoms with van der Waals surface area (Å²) in [5.41, 5.74) is -1.37. The molecular formula is C17H17NO6. The van der Waals surface area contributed by atoms with E-state index in [1.54, 1.807) is 31.2 Å². The van der Waals surface area contributed by atoms with Crippen LogP contribution in [0.2, 0.25) is 0 Å². The molecule has 0 radical (unpaired) electrons. The molecular weight excluding hydrogens is 314 g/mol. The summed E-state index contributed by atoms with van der Waals surface area (Å²) in [6.45, 7) is 1.63. The normalized spacial score (nSPS) is 12.9. The Bertz CT molecular complexity index is 718. The van der Waals surface area contributed by atoms with Crippen LogP contribution in [0.1, 0.15) is 18.9 Å². The van der Waals surface area contributed by atoms with E-state index in [0.29, 0.717) is 0 Å². The zero-order valence-corrected chi connectivity index (χ0v) is 13.0. The van der Waals surface area contributed by atoms with E-state index in [1.165, 1.54) is 24.3 Å². The van der Waals surface area contributed by atoms with Crippen LogP contribution in [0.4, 0.5) is 5.69 Å². The second-order valence-corrected chi connectivity index (χ2v) is 5.23. The fourth-order valence-electron chi connectivity index (χ4n) is 2.11. The van der Waals surface area contributed by atoms with Crippen molar-refractivity contribution in [3.63, 3.8) is 0 Å². The summed E-state index contributed by atoms with van der Waals surface area (Å²) < 4.78 is 0. The van der Waals surface area contributed by atoms with Gasteiger partial charge >= 0.3 is 11.7 Å². The Kier molecular flexibility index (Phi) is 5.49. The highest BCUT2D eigenvalue weighted by molar-refractivity contribution is 5.79. The van der Waals surface area contributed by atoms with Crippen LogP contribution >= 0.6 is 0 Å². The first kappa shape index (κ1) is 17.4. The smallest absolute Gasteiger partial charge is 0.378 e. The van der Waals surface area contributed by atoms with Gasteiger partial charge < -0.3 is 5.11 Å². The second kappa shape index (κ2) is 7.56. The number of nitro benzene ring substituents is 1. The van der Waals surface area contributed by atoms with Gasteiger partial charge in [0.15, 0.2) is 5.60 Å². The van der Waals surface area contributed by atoms with E-state index in [0.717, 1.165) is 5.56 Å². The first-order valence-corrected chi connectivity index (χ1v) is 7.35. The summed E-state index contributed by atoms with van der Waals surface area (Å²) in [6, 6.07) is 14.4. The number of nitrogens with zero attached hydrogens (tertiary/aromatic N) is 1. The molecule has 0 aliphatic carbocycles. The van der Waals surface area contributed by atoms with E-state index in [-0.39, 0.29) is 24.3 Å². The Hall–Kier alpha value is -2.93. The Morgan fingerprint density at radius 2 is 1.79 bits per heavy atom. The summed E-state index contributed by atoms with van der Waals surface area (Å²) >= 11 is 0. The Morgan fingerprint density at radius 1 is 1.17 bits per heavy atom. The van der Waals surface area contributed by atoms with Crippen molar-refractivity contribution in [1.29, 1.82) is 0 Å². The highest BCUT2D eigenvalue weighted by Gasteiger charge is 2.38. The molecule has 0 aromatic heterocycles. The van der Waals surface area contributed by atoms with Gasteiger partial charge in [-0.05, 0) is 18.1 Å². The molecule has 24 heavy (non-hydrogen) atoms. The van der Waals surface area contributed by atoms with Crippen molar-refractivity contribution in [2.24, 2.45) is 0 Å². The fraction of sp³-hybridized carbons (Fsp3) is 0.235. The predicted molar refractivity (Wildman–Crippen MR) is 85.2 cm³/mol. The minimum atomic E-state index is -1.79. The molecule has 0 aliphatic rings. The lowest BCUT2D eigenvalue weighted by atomic mass is 9.92. The predicted octanol–water partition coefficient (Wildman–Crippen LogP) is 2.82. The maximum absolute atomic E-state index is 12.2. The first-order valence-electron chi connectivity index (χ1n) is 7.35. The molecule has 1 N–H and O–H groups in total. The third kappa shape index (κ3) is 4.08. The quantitative estimate of drug-likeness (QED) is 0.476. The number of hydrogen-bond acceptors (Lipinski definition) is 6. The van der Waals surface area contributed by atoms with Gasteiger partial charge in [0.25, 0.3) is 5.75 Å². The molecule has 0 saturated carbocycles. The molecule has 0 spiro atoms. The van der Waals surface area contributed by atoms with E-state index in [1.807, 2.05) is 6.07 Å². The monoisotopic (exact) mass is 331 g/mol. The molecule has 0 amide bonds. The highest BCUT2D eigenvalue weighted by Crippen LogP contribution is 2.27. The van der Waals surface area contributed by atoms with Crippen LogP contribution in [0.15, 0.2) is 54.6 Å². The number of carbonyl (C=O) groups is 1. The molecule has 126 valence electrons. The molecule has 2 rings (SSSR count). The van der Waals surface area contributed by atoms with Gasteiger partial charge in [0, 0.05) is 12.5 Å². The van der Waals surface area contributed by atoms with Crippen molar-refractivity contribution >= 4 is 11.7 Å². The third-order valence-electron chi connectivity index (χ3n) is 3.57. The van der Waals surface area contributed by atoms with Crippen LogP contribution in [-0.2, 0) is 16.1 Å². The molecule has 2 aromatic carbocycles. The zero-order chi connectivity index (χ0) is 17.6. The molecule has 1 atom stereocenters. The molecule has 0 fully saturated rings. The SMILES string of the molecule is CCC(O)(Cc1ccccc1)C(=O)OOc1ccccc1[N+](=O)[O-]. The number of para-hydroxylation sites is 2. The van der Waals surface area contributed by atoms with Gasteiger partial charge in [-0.25, -0.2) is 9.68 Å². The summed E-state index contributed by atoms with van der Waals surface area (Å²) in [5.74, 6) is -1.22. The number of benzene rings is 2. The van der Waals surface area contributed by atoms with Crippen molar-refractivity contribution in [3.05, 3.63) is 70.3 Å². The number of rotatable bonds is 7. The topological polar surface area (TPSA) is 98.9 Å². The molecule has 7 heteroatoms. The molecule has 1 unspecified atom stereocenters. The average Bonchev–Trinajstić information content (AvgIpc) is 2.60. The molecule has 0 heterocycles. The maximum Gasteiger partial charge on any atom is 0.386 e. The van der Waals surface area contributed by atoms with E-state index >= 15 is 0 Å². The van der Waals surface area contributed by atoms with E-state index in [4.69, 9.17) is 4.89 Å². The van der Waals surface area contributed by atoms with Crippen molar-refractivity contribution in [1.82, 2.24) is 0 Å². The molecule has 0 bridgehead atoms. The summed E-state index contributed by atoms with van der Waals surface area (Å²) in [7, 11) is 0. The van der Waals surface area contributed by atoms with Gasteiger partial charge in [-0.3, -0.25) is 15.0 Å². The lowest BCUT2D eigenvalue weighted by Gasteiger charge is -2.23. The Balaban J connectivity index is 2.08. The van der Waals surface area contributed by atoms with Gasteiger partial charge in [-0.15, -0.1) is 0 Å². The zero-order valence-electron chi connectivity index (χ0n) is 13.0. The van der Waals surface area contributed by atoms with Crippen molar-refractivity contribution in [3.8, 4) is 5.75 Å². The van der Waals surface area contributed by atoms with Gasteiger partial charge in [0.05, 0.1) is 4.92 Å². The summed E-state index contributed by atoms with van der Waals surface area (Å²) in [5, 5.41) is 21.4. The van der Waals surface area contributed by atoms with Crippen LogP contribution < -0.4 is 4.89 Å². The minimum absolute atomic E-state index is 0.0451. The standard InChI is InChI=1S/C17H17NO6/c1-2-17(20,12-13-8-4-3-5-9-13)16(19)24-23-15-11-7-6-10-14(15)18(21)22/h3-11,20H,2,12H2,1H3. The van der Waals surface area contributed by atoms with E-state index < -0.39 is 16.5 Å². The average molecular weight is 331 g/mol. The van der Waals surface area contributed by atoms with Crippen LogP contribution in [0.25, 0.3) is 0 Å². The number of aliphatic hydroxyl groups is 1. The Morgan fingerprint density at radius 3 is 2.42 bits per heavy atom. The van der Waals surface area contributed by atoms with Gasteiger partial charge in [-0.2, -0.15) is 0 Å². The first-order chi connectivity index (χ1) is 11.5. The Labute approximate surface area is 138 Å². The van der Waals surface area contributed by atoms with Crippen molar-refractivity contribution in [2.75, 3.05) is 0 Å². The molecule has 2 aromatic rings. The number of carbonyl (C=O) groups excluding carboxylic acids is 1. The van der Waals surface area contributed by atoms with E-state index in [2.05, 4.69) is 4.89 Å². The van der Waals surface area contributed by atoms with Gasteiger partial charge in [0.2, 0.25) is 0 Å². The van der Waals surface area contributed by atoms with Crippen LogP contribution in [0.5, 0.6) is 5.75 Å². The molecule has 0 saturated heterocycles. The number of nitro groups is 1.